The van der Waals surface area contributed by atoms with Gasteiger partial charge in [0.1, 0.15) is 11.5 Å². The summed E-state index contributed by atoms with van der Waals surface area (Å²) in [7, 11) is 3.27. The van der Waals surface area contributed by atoms with E-state index in [4.69, 9.17) is 9.47 Å². The van der Waals surface area contributed by atoms with Gasteiger partial charge in [0.15, 0.2) is 0 Å². The minimum Gasteiger partial charge on any atom is -0.497 e. The number of ether oxygens (including phenoxy) is 2. The maximum absolute atomic E-state index is 13.0. The Balaban J connectivity index is 1.53. The predicted molar refractivity (Wildman–Crippen MR) is 128 cm³/mol. The molecule has 5 nitrogen and oxygen atoms in total. The second-order valence-corrected chi connectivity index (χ2v) is 8.18. The highest BCUT2D eigenvalue weighted by atomic mass is 32.2. The number of fused-ring (bicyclic) bond motifs is 1. The summed E-state index contributed by atoms with van der Waals surface area (Å²) >= 11 is 1.51. The number of carbonyl (C=O) groups excluding carboxylic acids is 1. The van der Waals surface area contributed by atoms with Crippen molar-refractivity contribution in [3.8, 4) is 11.5 Å². The Kier molecular flexibility index (Phi) is 6.92. The van der Waals surface area contributed by atoms with Crippen LogP contribution in [-0.2, 0) is 4.79 Å². The average Bonchev–Trinajstić information content (AvgIpc) is 2.86. The molecule has 32 heavy (non-hydrogen) atoms. The molecule has 0 aliphatic carbocycles. The monoisotopic (exact) mass is 444 g/mol. The highest BCUT2D eigenvalue weighted by Crippen LogP contribution is 2.28. The highest BCUT2D eigenvalue weighted by Gasteiger charge is 2.18. The van der Waals surface area contributed by atoms with Crippen LogP contribution >= 0.6 is 11.8 Å². The zero-order valence-electron chi connectivity index (χ0n) is 17.9. The van der Waals surface area contributed by atoms with Gasteiger partial charge in [-0.3, -0.25) is 9.78 Å². The van der Waals surface area contributed by atoms with Crippen LogP contribution in [0.1, 0.15) is 17.2 Å². The molecule has 1 N–H and O–H groups in total. The lowest BCUT2D eigenvalue weighted by molar-refractivity contribution is -0.119. The third-order valence-corrected chi connectivity index (χ3v) is 6.24. The largest absolute Gasteiger partial charge is 0.497 e. The Morgan fingerprint density at radius 3 is 2.06 bits per heavy atom. The summed E-state index contributed by atoms with van der Waals surface area (Å²) in [5.41, 5.74) is 2.87. The van der Waals surface area contributed by atoms with Crippen LogP contribution in [-0.4, -0.2) is 30.9 Å². The van der Waals surface area contributed by atoms with Crippen LogP contribution in [0.3, 0.4) is 0 Å². The minimum absolute atomic E-state index is 0.0486. The number of nitrogens with one attached hydrogen (secondary N) is 1. The normalized spacial score (nSPS) is 10.8. The summed E-state index contributed by atoms with van der Waals surface area (Å²) in [6.45, 7) is 0. The average molecular weight is 445 g/mol. The summed E-state index contributed by atoms with van der Waals surface area (Å²) in [6.07, 6.45) is 1.78. The van der Waals surface area contributed by atoms with Crippen molar-refractivity contribution in [3.63, 3.8) is 0 Å². The van der Waals surface area contributed by atoms with E-state index in [2.05, 4.69) is 10.3 Å². The van der Waals surface area contributed by atoms with E-state index in [-0.39, 0.29) is 11.9 Å². The van der Waals surface area contributed by atoms with E-state index < -0.39 is 0 Å². The number of benzene rings is 3. The molecule has 0 bridgehead atoms. The first-order valence-corrected chi connectivity index (χ1v) is 11.2. The van der Waals surface area contributed by atoms with Crippen LogP contribution in [0.15, 0.2) is 90.0 Å². The van der Waals surface area contributed by atoms with E-state index in [0.29, 0.717) is 5.75 Å². The number of aromatic nitrogens is 1. The van der Waals surface area contributed by atoms with E-state index >= 15 is 0 Å². The molecule has 0 spiro atoms. The standard InChI is InChI=1S/C26H24N2O3S/c1-30-20-11-7-18(8-12-20)26(19-9-13-21(31-2)14-10-19)28-25(29)17-32-24-15-16-27-23-6-4-3-5-22(23)24/h3-16,26H,17H2,1-2H3,(H,28,29). The van der Waals surface area contributed by atoms with Crippen molar-refractivity contribution in [1.29, 1.82) is 0 Å². The first-order chi connectivity index (χ1) is 15.7. The van der Waals surface area contributed by atoms with E-state index in [1.54, 1.807) is 20.4 Å². The Hall–Kier alpha value is -3.51. The first-order valence-electron chi connectivity index (χ1n) is 10.2. The number of thioether (sulfide) groups is 1. The van der Waals surface area contributed by atoms with Crippen LogP contribution in [0.4, 0.5) is 0 Å². The van der Waals surface area contributed by atoms with Crippen molar-refractivity contribution < 1.29 is 14.3 Å². The molecule has 0 saturated heterocycles. The van der Waals surface area contributed by atoms with Gasteiger partial charge in [-0.15, -0.1) is 11.8 Å². The lowest BCUT2D eigenvalue weighted by atomic mass is 9.98. The van der Waals surface area contributed by atoms with Crippen molar-refractivity contribution in [2.24, 2.45) is 0 Å². The van der Waals surface area contributed by atoms with Gasteiger partial charge in [0, 0.05) is 16.5 Å². The number of carbonyl (C=O) groups is 1. The van der Waals surface area contributed by atoms with Crippen molar-refractivity contribution in [2.45, 2.75) is 10.9 Å². The molecule has 1 heterocycles. The second kappa shape index (κ2) is 10.2. The molecule has 4 rings (SSSR count). The molecular weight excluding hydrogens is 420 g/mol. The fourth-order valence-corrected chi connectivity index (χ4v) is 4.35. The molecule has 3 aromatic carbocycles. The topological polar surface area (TPSA) is 60.5 Å². The maximum Gasteiger partial charge on any atom is 0.231 e. The van der Waals surface area contributed by atoms with E-state index in [9.17, 15) is 4.79 Å². The molecular formula is C26H24N2O3S. The van der Waals surface area contributed by atoms with E-state index in [1.807, 2.05) is 78.9 Å². The fraction of sp³-hybridized carbons (Fsp3) is 0.154. The predicted octanol–water partition coefficient (Wildman–Crippen LogP) is 5.25. The second-order valence-electron chi connectivity index (χ2n) is 7.16. The zero-order chi connectivity index (χ0) is 22.3. The van der Waals surface area contributed by atoms with Crippen LogP contribution in [0.25, 0.3) is 10.9 Å². The minimum atomic E-state index is -0.283. The van der Waals surface area contributed by atoms with Gasteiger partial charge in [-0.25, -0.2) is 0 Å². The lowest BCUT2D eigenvalue weighted by Gasteiger charge is -2.20. The molecule has 0 aliphatic heterocycles. The Bertz CT molecular complexity index is 1140. The van der Waals surface area contributed by atoms with Crippen molar-refractivity contribution in [3.05, 3.63) is 96.2 Å². The van der Waals surface area contributed by atoms with Crippen LogP contribution in [0.5, 0.6) is 11.5 Å². The van der Waals surface area contributed by atoms with Crippen LogP contribution in [0.2, 0.25) is 0 Å². The summed E-state index contributed by atoms with van der Waals surface area (Å²) in [6, 6.07) is 25.1. The number of pyridine rings is 1. The van der Waals surface area contributed by atoms with Gasteiger partial charge in [-0.2, -0.15) is 0 Å². The summed E-state index contributed by atoms with van der Waals surface area (Å²) in [4.78, 5) is 18.4. The molecule has 0 fully saturated rings. The number of hydrogen-bond donors (Lipinski definition) is 1. The van der Waals surface area contributed by atoms with Gasteiger partial charge in [-0.1, -0.05) is 42.5 Å². The zero-order valence-corrected chi connectivity index (χ0v) is 18.8. The summed E-state index contributed by atoms with van der Waals surface area (Å²) in [5, 5.41) is 4.24. The number of rotatable bonds is 8. The first kappa shape index (κ1) is 21.7. The number of methoxy groups -OCH3 is 2. The Morgan fingerprint density at radius 1 is 0.875 bits per heavy atom. The van der Waals surface area contributed by atoms with E-state index in [1.165, 1.54) is 11.8 Å². The molecule has 6 heteroatoms. The third-order valence-electron chi connectivity index (χ3n) is 5.17. The molecule has 162 valence electrons. The lowest BCUT2D eigenvalue weighted by Crippen LogP contribution is -2.30. The van der Waals surface area contributed by atoms with Gasteiger partial charge in [0.05, 0.1) is 31.5 Å². The molecule has 1 aromatic heterocycles. The summed E-state index contributed by atoms with van der Waals surface area (Å²) in [5.74, 6) is 1.80. The van der Waals surface area contributed by atoms with Gasteiger partial charge >= 0.3 is 0 Å². The van der Waals surface area contributed by atoms with Gasteiger partial charge < -0.3 is 14.8 Å². The molecule has 4 aromatic rings. The van der Waals surface area contributed by atoms with Crippen molar-refractivity contribution in [1.82, 2.24) is 10.3 Å². The Labute approximate surface area is 191 Å². The van der Waals surface area contributed by atoms with Gasteiger partial charge in [-0.05, 0) is 47.5 Å². The molecule has 0 saturated carbocycles. The number of hydrogen-bond acceptors (Lipinski definition) is 5. The van der Waals surface area contributed by atoms with E-state index in [0.717, 1.165) is 38.4 Å². The highest BCUT2D eigenvalue weighted by molar-refractivity contribution is 8.00. The van der Waals surface area contributed by atoms with Crippen molar-refractivity contribution in [2.75, 3.05) is 20.0 Å². The van der Waals surface area contributed by atoms with Gasteiger partial charge in [0.25, 0.3) is 0 Å². The molecule has 1 amide bonds. The van der Waals surface area contributed by atoms with Crippen LogP contribution in [0, 0.1) is 0 Å². The third kappa shape index (κ3) is 5.03. The molecule has 0 radical (unpaired) electrons. The summed E-state index contributed by atoms with van der Waals surface area (Å²) < 4.78 is 10.6. The molecule has 0 atom stereocenters. The number of amides is 1. The quantitative estimate of drug-likeness (QED) is 0.376. The molecule has 0 unspecified atom stereocenters. The Morgan fingerprint density at radius 2 is 1.47 bits per heavy atom. The molecule has 0 aliphatic rings. The van der Waals surface area contributed by atoms with Gasteiger partial charge in [0.2, 0.25) is 5.91 Å². The SMILES string of the molecule is COc1ccc(C(NC(=O)CSc2ccnc3ccccc23)c2ccc(OC)cc2)cc1. The van der Waals surface area contributed by atoms with Crippen molar-refractivity contribution >= 4 is 28.6 Å². The number of nitrogens with zero attached hydrogens (tertiary/aromatic N) is 1. The maximum atomic E-state index is 13.0. The van der Waals surface area contributed by atoms with Crippen LogP contribution < -0.4 is 14.8 Å². The number of para-hydroxylation sites is 1. The fourth-order valence-electron chi connectivity index (χ4n) is 3.49. The smallest absolute Gasteiger partial charge is 0.231 e.